The number of benzene rings is 3. The van der Waals surface area contributed by atoms with Crippen molar-refractivity contribution in [1.29, 1.82) is 0 Å². The lowest BCUT2D eigenvalue weighted by Gasteiger charge is -2.08. The van der Waals surface area contributed by atoms with E-state index in [1.165, 1.54) is 17.4 Å². The molecule has 0 fully saturated rings. The average molecular weight is 488 g/mol. The number of nitrogens with zero attached hydrogens (tertiary/aromatic N) is 1. The number of ether oxygens (including phenoxy) is 2. The number of rotatable bonds is 8. The molecule has 0 aliphatic rings. The molecule has 1 heterocycles. The first-order valence-corrected chi connectivity index (χ1v) is 11.4. The fourth-order valence-electron chi connectivity index (χ4n) is 3.07. The molecule has 0 bridgehead atoms. The highest BCUT2D eigenvalue weighted by Crippen LogP contribution is 2.22. The van der Waals surface area contributed by atoms with Gasteiger partial charge in [0.25, 0.3) is 11.8 Å². The van der Waals surface area contributed by atoms with Crippen LogP contribution in [0.5, 0.6) is 5.75 Å². The highest BCUT2D eigenvalue weighted by Gasteiger charge is 2.09. The summed E-state index contributed by atoms with van der Waals surface area (Å²) in [6.45, 7) is -0.442. The number of anilines is 2. The van der Waals surface area contributed by atoms with Crippen LogP contribution in [0.1, 0.15) is 15.4 Å². The topological polar surface area (TPSA) is 107 Å². The SMILES string of the molecule is COc1ccc(NC(=O)c2ccc(NC(=O)COC(=O)/C=C/c3nc4ccccc4s3)cc2)cc1. The van der Waals surface area contributed by atoms with Crippen molar-refractivity contribution >= 4 is 56.8 Å². The predicted octanol–water partition coefficient (Wildman–Crippen LogP) is 4.75. The molecule has 0 saturated heterocycles. The molecular formula is C26H21N3O5S. The van der Waals surface area contributed by atoms with Crippen LogP contribution < -0.4 is 15.4 Å². The number of thiazole rings is 1. The van der Waals surface area contributed by atoms with Gasteiger partial charge in [0.05, 0.1) is 17.3 Å². The minimum Gasteiger partial charge on any atom is -0.497 e. The van der Waals surface area contributed by atoms with Crippen LogP contribution in [0.3, 0.4) is 0 Å². The number of nitrogens with one attached hydrogen (secondary N) is 2. The Morgan fingerprint density at radius 2 is 1.60 bits per heavy atom. The van der Waals surface area contributed by atoms with Crippen LogP contribution >= 0.6 is 11.3 Å². The first-order chi connectivity index (χ1) is 17.0. The molecule has 4 aromatic rings. The lowest BCUT2D eigenvalue weighted by atomic mass is 10.2. The molecule has 8 nitrogen and oxygen atoms in total. The number of fused-ring (bicyclic) bond motifs is 1. The molecule has 0 atom stereocenters. The zero-order valence-electron chi connectivity index (χ0n) is 18.7. The summed E-state index contributed by atoms with van der Waals surface area (Å²) < 4.78 is 11.1. The lowest BCUT2D eigenvalue weighted by Crippen LogP contribution is -2.20. The summed E-state index contributed by atoms with van der Waals surface area (Å²) in [4.78, 5) is 40.8. The van der Waals surface area contributed by atoms with Crippen LogP contribution in [-0.2, 0) is 14.3 Å². The largest absolute Gasteiger partial charge is 0.497 e. The van der Waals surface area contributed by atoms with Gasteiger partial charge in [0.1, 0.15) is 10.8 Å². The maximum absolute atomic E-state index is 12.4. The highest BCUT2D eigenvalue weighted by molar-refractivity contribution is 7.19. The first kappa shape index (κ1) is 23.7. The second-order valence-electron chi connectivity index (χ2n) is 7.27. The number of hydrogen-bond donors (Lipinski definition) is 2. The normalized spacial score (nSPS) is 10.8. The maximum atomic E-state index is 12.4. The molecular weight excluding hydrogens is 466 g/mol. The quantitative estimate of drug-likeness (QED) is 0.274. The van der Waals surface area contributed by atoms with Crippen LogP contribution in [0, 0.1) is 0 Å². The van der Waals surface area contributed by atoms with E-state index in [2.05, 4.69) is 15.6 Å². The summed E-state index contributed by atoms with van der Waals surface area (Å²) in [6, 6.07) is 21.0. The molecule has 0 unspecified atom stereocenters. The summed E-state index contributed by atoms with van der Waals surface area (Å²) >= 11 is 1.45. The first-order valence-electron chi connectivity index (χ1n) is 10.6. The molecule has 0 aliphatic carbocycles. The van der Waals surface area contributed by atoms with Crippen molar-refractivity contribution in [3.05, 3.63) is 89.4 Å². The number of amides is 2. The van der Waals surface area contributed by atoms with Gasteiger partial charge >= 0.3 is 5.97 Å². The zero-order valence-corrected chi connectivity index (χ0v) is 19.5. The number of methoxy groups -OCH3 is 1. The van der Waals surface area contributed by atoms with Gasteiger partial charge < -0.3 is 20.1 Å². The van der Waals surface area contributed by atoms with Crippen molar-refractivity contribution in [3.63, 3.8) is 0 Å². The summed E-state index contributed by atoms with van der Waals surface area (Å²) in [5.41, 5.74) is 2.38. The molecule has 0 spiro atoms. The minimum atomic E-state index is -0.648. The Balaban J connectivity index is 1.24. The van der Waals surface area contributed by atoms with Crippen molar-refractivity contribution in [2.24, 2.45) is 0 Å². The fourth-order valence-corrected chi connectivity index (χ4v) is 3.94. The summed E-state index contributed by atoms with van der Waals surface area (Å²) in [6.07, 6.45) is 2.79. The van der Waals surface area contributed by atoms with Crippen molar-refractivity contribution < 1.29 is 23.9 Å². The van der Waals surface area contributed by atoms with Crippen molar-refractivity contribution in [1.82, 2.24) is 4.98 Å². The zero-order chi connectivity index (χ0) is 24.6. The maximum Gasteiger partial charge on any atom is 0.331 e. The van der Waals surface area contributed by atoms with Gasteiger partial charge in [0.2, 0.25) is 0 Å². The third-order valence-corrected chi connectivity index (χ3v) is 5.80. The molecule has 1 aromatic heterocycles. The average Bonchev–Trinajstić information content (AvgIpc) is 3.30. The van der Waals surface area contributed by atoms with E-state index in [0.29, 0.717) is 27.7 Å². The molecule has 176 valence electrons. The Morgan fingerprint density at radius 3 is 2.31 bits per heavy atom. The van der Waals surface area contributed by atoms with E-state index in [9.17, 15) is 14.4 Å². The number of carbonyl (C=O) groups excluding carboxylic acids is 3. The monoisotopic (exact) mass is 487 g/mol. The van der Waals surface area contributed by atoms with Gasteiger partial charge in [-0.25, -0.2) is 9.78 Å². The predicted molar refractivity (Wildman–Crippen MR) is 136 cm³/mol. The highest BCUT2D eigenvalue weighted by atomic mass is 32.1. The van der Waals surface area contributed by atoms with E-state index in [0.717, 1.165) is 10.2 Å². The van der Waals surface area contributed by atoms with Crippen molar-refractivity contribution in [3.8, 4) is 5.75 Å². The van der Waals surface area contributed by atoms with E-state index in [-0.39, 0.29) is 5.91 Å². The van der Waals surface area contributed by atoms with E-state index in [1.54, 1.807) is 61.7 Å². The van der Waals surface area contributed by atoms with Gasteiger partial charge in [0.15, 0.2) is 6.61 Å². The van der Waals surface area contributed by atoms with Crippen molar-refractivity contribution in [2.75, 3.05) is 24.4 Å². The molecule has 9 heteroatoms. The third-order valence-electron chi connectivity index (χ3n) is 4.80. The fraction of sp³-hybridized carbons (Fsp3) is 0.0769. The van der Waals surface area contributed by atoms with Gasteiger partial charge in [-0.1, -0.05) is 12.1 Å². The van der Waals surface area contributed by atoms with Gasteiger partial charge in [-0.3, -0.25) is 9.59 Å². The van der Waals surface area contributed by atoms with E-state index < -0.39 is 18.5 Å². The lowest BCUT2D eigenvalue weighted by molar-refractivity contribution is -0.142. The molecule has 35 heavy (non-hydrogen) atoms. The van der Waals surface area contributed by atoms with Crippen LogP contribution in [-0.4, -0.2) is 36.5 Å². The Kier molecular flexibility index (Phi) is 7.49. The third kappa shape index (κ3) is 6.52. The van der Waals surface area contributed by atoms with Gasteiger partial charge in [0, 0.05) is 23.0 Å². The van der Waals surface area contributed by atoms with E-state index in [1.807, 2.05) is 24.3 Å². The Bertz CT molecular complexity index is 1350. The molecule has 4 rings (SSSR count). The smallest absolute Gasteiger partial charge is 0.331 e. The molecule has 0 saturated carbocycles. The molecule has 0 radical (unpaired) electrons. The standard InChI is InChI=1S/C26H21N3O5S/c1-33-20-12-10-19(11-13-20)28-26(32)17-6-8-18(9-7-17)27-23(30)16-34-25(31)15-14-24-29-21-4-2-3-5-22(21)35-24/h2-15H,16H2,1H3,(H,27,30)(H,28,32)/b15-14+. The number of aromatic nitrogens is 1. The number of para-hydroxylation sites is 1. The second-order valence-corrected chi connectivity index (χ2v) is 8.33. The summed E-state index contributed by atoms with van der Waals surface area (Å²) in [5, 5.41) is 6.08. The molecule has 2 amide bonds. The van der Waals surface area contributed by atoms with Crippen LogP contribution in [0.25, 0.3) is 16.3 Å². The van der Waals surface area contributed by atoms with Crippen molar-refractivity contribution in [2.45, 2.75) is 0 Å². The Labute approximate surface area is 205 Å². The van der Waals surface area contributed by atoms with Gasteiger partial charge in [-0.15, -0.1) is 11.3 Å². The molecule has 0 aliphatic heterocycles. The second kappa shape index (κ2) is 11.1. The van der Waals surface area contributed by atoms with Crippen LogP contribution in [0.4, 0.5) is 11.4 Å². The number of carbonyl (C=O) groups is 3. The summed E-state index contributed by atoms with van der Waals surface area (Å²) in [5.74, 6) is -0.744. The van der Waals surface area contributed by atoms with E-state index >= 15 is 0 Å². The molecule has 3 aromatic carbocycles. The van der Waals surface area contributed by atoms with Crippen LogP contribution in [0.2, 0.25) is 0 Å². The van der Waals surface area contributed by atoms with Crippen LogP contribution in [0.15, 0.2) is 78.9 Å². The Morgan fingerprint density at radius 1 is 0.914 bits per heavy atom. The van der Waals surface area contributed by atoms with Gasteiger partial charge in [-0.05, 0) is 66.7 Å². The van der Waals surface area contributed by atoms with Gasteiger partial charge in [-0.2, -0.15) is 0 Å². The Hall–Kier alpha value is -4.50. The summed E-state index contributed by atoms with van der Waals surface area (Å²) in [7, 11) is 1.57. The van der Waals surface area contributed by atoms with E-state index in [4.69, 9.17) is 9.47 Å². The number of hydrogen-bond acceptors (Lipinski definition) is 7. The number of esters is 1. The molecule has 2 N–H and O–H groups in total. The minimum absolute atomic E-state index is 0.290.